The zero-order chi connectivity index (χ0) is 17.3. The molecule has 0 amide bonds. The van der Waals surface area contributed by atoms with Gasteiger partial charge in [-0.1, -0.05) is 17.7 Å². The van der Waals surface area contributed by atoms with Gasteiger partial charge in [0, 0.05) is 43.4 Å². The fraction of sp³-hybridized carbons (Fsp3) is 0.412. The van der Waals surface area contributed by atoms with Crippen LogP contribution in [0, 0.1) is 0 Å². The van der Waals surface area contributed by atoms with E-state index in [1.807, 2.05) is 29.2 Å². The maximum Gasteiger partial charge on any atom is 0.253 e. The number of nitrogens with one attached hydrogen (secondary N) is 1. The molecular weight excluding hydrogens is 330 g/mol. The van der Waals surface area contributed by atoms with Gasteiger partial charge < -0.3 is 20.2 Å². The van der Waals surface area contributed by atoms with Crippen LogP contribution in [-0.2, 0) is 0 Å². The number of rotatable bonds is 5. The minimum atomic E-state index is -0.582. The summed E-state index contributed by atoms with van der Waals surface area (Å²) >= 11 is 6.03. The highest BCUT2D eigenvalue weighted by atomic mass is 35.5. The molecule has 2 aromatic carbocycles. The average molecular weight is 350 g/mol. The molecule has 128 valence electrons. The van der Waals surface area contributed by atoms with E-state index in [0.29, 0.717) is 29.5 Å². The maximum atomic E-state index is 11.9. The van der Waals surface area contributed by atoms with Crippen molar-refractivity contribution >= 4 is 28.7 Å². The van der Waals surface area contributed by atoms with E-state index in [4.69, 9.17) is 11.6 Å². The predicted octanol–water partition coefficient (Wildman–Crippen LogP) is 1.06. The first-order chi connectivity index (χ1) is 11.5. The fourth-order valence-corrected chi connectivity index (χ4v) is 3.14. The molecular formula is C17H20ClN3O3. The van der Waals surface area contributed by atoms with Crippen LogP contribution in [0.25, 0.3) is 0 Å². The van der Waals surface area contributed by atoms with Gasteiger partial charge in [0.2, 0.25) is 0 Å². The Kier molecular flexibility index (Phi) is 4.78. The highest BCUT2D eigenvalue weighted by Gasteiger charge is 2.28. The Labute approximate surface area is 145 Å². The molecule has 1 atom stereocenters. The summed E-state index contributed by atoms with van der Waals surface area (Å²) in [4.78, 5) is 27.8. The lowest BCUT2D eigenvalue weighted by Gasteiger charge is -2.38. The molecule has 1 fully saturated rings. The first kappa shape index (κ1) is 16.8. The minimum absolute atomic E-state index is 0.250. The minimum Gasteiger partial charge on any atom is -0.392 e. The lowest BCUT2D eigenvalue weighted by Crippen LogP contribution is -2.51. The SMILES string of the molecule is CC(O)CNc1c(N2CCN(c3cccc(Cl)c3)CC2)c(=O)c1=O. The Hall–Kier alpha value is -2.05. The van der Waals surface area contributed by atoms with Crippen molar-refractivity contribution in [1.82, 2.24) is 0 Å². The van der Waals surface area contributed by atoms with Gasteiger partial charge in [-0.05, 0) is 25.1 Å². The normalized spacial score (nSPS) is 16.5. The molecule has 0 saturated carbocycles. The molecule has 2 N–H and O–H groups in total. The third kappa shape index (κ3) is 3.25. The number of aliphatic hydroxyl groups is 1. The number of hydrogen-bond acceptors (Lipinski definition) is 6. The second-order valence-electron chi connectivity index (χ2n) is 6.07. The van der Waals surface area contributed by atoms with Crippen LogP contribution >= 0.6 is 11.6 Å². The summed E-state index contributed by atoms with van der Waals surface area (Å²) < 4.78 is 0. The van der Waals surface area contributed by atoms with Crippen molar-refractivity contribution in [2.45, 2.75) is 13.0 Å². The van der Waals surface area contributed by atoms with Gasteiger partial charge in [-0.3, -0.25) is 9.59 Å². The van der Waals surface area contributed by atoms with E-state index in [9.17, 15) is 14.7 Å². The topological polar surface area (TPSA) is 72.9 Å². The highest BCUT2D eigenvalue weighted by molar-refractivity contribution is 6.30. The van der Waals surface area contributed by atoms with Crippen molar-refractivity contribution < 1.29 is 5.11 Å². The van der Waals surface area contributed by atoms with Crippen LogP contribution in [-0.4, -0.2) is 43.9 Å². The molecule has 1 unspecified atom stereocenters. The Morgan fingerprint density at radius 3 is 2.46 bits per heavy atom. The van der Waals surface area contributed by atoms with E-state index >= 15 is 0 Å². The molecule has 0 radical (unpaired) electrons. The number of nitrogens with zero attached hydrogens (tertiary/aromatic N) is 2. The summed E-state index contributed by atoms with van der Waals surface area (Å²) in [6.07, 6.45) is -0.582. The summed E-state index contributed by atoms with van der Waals surface area (Å²) in [5.74, 6) is 0. The van der Waals surface area contributed by atoms with E-state index < -0.39 is 17.0 Å². The van der Waals surface area contributed by atoms with Crippen LogP contribution in [0.15, 0.2) is 33.9 Å². The molecule has 0 bridgehead atoms. The van der Waals surface area contributed by atoms with Crippen LogP contribution in [0.2, 0.25) is 5.02 Å². The van der Waals surface area contributed by atoms with E-state index in [2.05, 4.69) is 10.2 Å². The molecule has 1 aliphatic heterocycles. The molecule has 7 heteroatoms. The van der Waals surface area contributed by atoms with E-state index in [1.165, 1.54) is 0 Å². The monoisotopic (exact) mass is 349 g/mol. The summed E-state index contributed by atoms with van der Waals surface area (Å²) in [7, 11) is 0. The molecule has 0 aromatic heterocycles. The lowest BCUT2D eigenvalue weighted by atomic mass is 10.1. The van der Waals surface area contributed by atoms with Crippen molar-refractivity contribution in [3.05, 3.63) is 49.7 Å². The Morgan fingerprint density at radius 2 is 1.83 bits per heavy atom. The zero-order valence-electron chi connectivity index (χ0n) is 13.5. The highest BCUT2D eigenvalue weighted by Crippen LogP contribution is 2.25. The summed E-state index contributed by atoms with van der Waals surface area (Å²) in [5.41, 5.74) is 0.894. The second-order valence-corrected chi connectivity index (χ2v) is 6.50. The average Bonchev–Trinajstić information content (AvgIpc) is 2.57. The van der Waals surface area contributed by atoms with Crippen LogP contribution in [0.1, 0.15) is 6.92 Å². The number of aliphatic hydroxyl groups excluding tert-OH is 1. The molecule has 3 rings (SSSR count). The maximum absolute atomic E-state index is 11.9. The van der Waals surface area contributed by atoms with Crippen molar-refractivity contribution in [3.63, 3.8) is 0 Å². The fourth-order valence-electron chi connectivity index (χ4n) is 2.96. The van der Waals surface area contributed by atoms with Crippen molar-refractivity contribution in [3.8, 4) is 0 Å². The number of hydrogen-bond donors (Lipinski definition) is 2. The van der Waals surface area contributed by atoms with Gasteiger partial charge in [-0.15, -0.1) is 0 Å². The van der Waals surface area contributed by atoms with E-state index in [-0.39, 0.29) is 6.54 Å². The third-order valence-electron chi connectivity index (χ3n) is 4.23. The number of benzene rings is 1. The zero-order valence-corrected chi connectivity index (χ0v) is 14.2. The molecule has 2 aromatic rings. The Bertz CT molecular complexity index is 791. The van der Waals surface area contributed by atoms with Crippen molar-refractivity contribution in [2.75, 3.05) is 47.8 Å². The summed E-state index contributed by atoms with van der Waals surface area (Å²) in [6.45, 7) is 4.67. The molecule has 24 heavy (non-hydrogen) atoms. The van der Waals surface area contributed by atoms with Crippen LogP contribution in [0.5, 0.6) is 0 Å². The second kappa shape index (κ2) is 6.83. The van der Waals surface area contributed by atoms with Gasteiger partial charge in [-0.25, -0.2) is 0 Å². The molecule has 0 aliphatic carbocycles. The standard InChI is InChI=1S/C17H20ClN3O3/c1-11(22)10-19-14-15(17(24)16(14)23)21-7-5-20(6-8-21)13-4-2-3-12(18)9-13/h2-4,9,11,19,22H,5-8,10H2,1H3. The quantitative estimate of drug-likeness (QED) is 0.786. The molecule has 1 saturated heterocycles. The summed E-state index contributed by atoms with van der Waals surface area (Å²) in [5, 5.41) is 12.9. The van der Waals surface area contributed by atoms with Crippen molar-refractivity contribution in [2.24, 2.45) is 0 Å². The van der Waals surface area contributed by atoms with Crippen LogP contribution in [0.4, 0.5) is 17.1 Å². The number of piperazine rings is 1. The molecule has 1 aliphatic rings. The van der Waals surface area contributed by atoms with Gasteiger partial charge in [0.25, 0.3) is 10.9 Å². The number of anilines is 3. The Morgan fingerprint density at radius 1 is 1.17 bits per heavy atom. The third-order valence-corrected chi connectivity index (χ3v) is 4.46. The first-order valence-corrected chi connectivity index (χ1v) is 8.36. The van der Waals surface area contributed by atoms with Gasteiger partial charge in [0.15, 0.2) is 0 Å². The predicted molar refractivity (Wildman–Crippen MR) is 97.4 cm³/mol. The Balaban J connectivity index is 1.68. The lowest BCUT2D eigenvalue weighted by molar-refractivity contribution is 0.208. The molecule has 1 heterocycles. The van der Waals surface area contributed by atoms with Gasteiger partial charge in [-0.2, -0.15) is 0 Å². The van der Waals surface area contributed by atoms with Crippen molar-refractivity contribution in [1.29, 1.82) is 0 Å². The van der Waals surface area contributed by atoms with Gasteiger partial charge in [0.1, 0.15) is 11.4 Å². The van der Waals surface area contributed by atoms with E-state index in [1.54, 1.807) is 6.92 Å². The van der Waals surface area contributed by atoms with Crippen LogP contribution in [0.3, 0.4) is 0 Å². The number of halogens is 1. The first-order valence-electron chi connectivity index (χ1n) is 7.98. The smallest absolute Gasteiger partial charge is 0.253 e. The van der Waals surface area contributed by atoms with E-state index in [0.717, 1.165) is 18.8 Å². The molecule has 0 spiro atoms. The van der Waals surface area contributed by atoms with Crippen LogP contribution < -0.4 is 26.0 Å². The van der Waals surface area contributed by atoms with Gasteiger partial charge in [0.05, 0.1) is 6.10 Å². The largest absolute Gasteiger partial charge is 0.392 e. The molecule has 6 nitrogen and oxygen atoms in total. The van der Waals surface area contributed by atoms with Gasteiger partial charge >= 0.3 is 0 Å². The summed E-state index contributed by atoms with van der Waals surface area (Å²) in [6, 6.07) is 7.68.